The van der Waals surface area contributed by atoms with E-state index in [-0.39, 0.29) is 0 Å². The van der Waals surface area contributed by atoms with E-state index in [0.717, 1.165) is 0 Å². The number of benzene rings is 2. The lowest BCUT2D eigenvalue weighted by Crippen LogP contribution is -1.83. The molecule has 0 aliphatic heterocycles. The quantitative estimate of drug-likeness (QED) is 0.743. The summed E-state index contributed by atoms with van der Waals surface area (Å²) in [6.45, 7) is 0. The molecule has 0 bridgehead atoms. The molecule has 0 N–H and O–H groups in total. The molecule has 1 nitrogen and oxygen atoms in total. The van der Waals surface area contributed by atoms with E-state index in [1.807, 2.05) is 0 Å². The summed E-state index contributed by atoms with van der Waals surface area (Å²) in [5, 5.41) is 1.30. The van der Waals surface area contributed by atoms with Gasteiger partial charge in [0.2, 0.25) is 0 Å². The minimum Gasteiger partial charge on any atom is -0.457 e. The predicted molar refractivity (Wildman–Crippen MR) is 61.8 cm³/mol. The number of hydrogen-bond donors (Lipinski definition) is 0. The Kier molecular flexibility index (Phi) is 3.14. The third-order valence-corrected chi connectivity index (χ3v) is 2.27. The van der Waals surface area contributed by atoms with Crippen molar-refractivity contribution < 1.29 is 4.74 Å². The highest BCUT2D eigenvalue weighted by Gasteiger charge is 1.98. The van der Waals surface area contributed by atoms with Gasteiger partial charge < -0.3 is 4.74 Å². The standard InChI is InChI=1S/C12H7Cl2O/c13-9-4-6-11(7-5-9)15-12-3-1-2-10(14)8-12/h1-2,4-8H. The van der Waals surface area contributed by atoms with E-state index < -0.39 is 0 Å². The van der Waals surface area contributed by atoms with Crippen LogP contribution in [0.1, 0.15) is 0 Å². The van der Waals surface area contributed by atoms with Crippen LogP contribution in [-0.2, 0) is 0 Å². The van der Waals surface area contributed by atoms with E-state index in [9.17, 15) is 0 Å². The van der Waals surface area contributed by atoms with E-state index in [1.54, 1.807) is 42.5 Å². The van der Waals surface area contributed by atoms with Crippen LogP contribution in [0.3, 0.4) is 0 Å². The first-order valence-corrected chi connectivity index (χ1v) is 5.10. The lowest BCUT2D eigenvalue weighted by atomic mass is 10.3. The fourth-order valence-electron chi connectivity index (χ4n) is 1.11. The van der Waals surface area contributed by atoms with Gasteiger partial charge in [-0.05, 0) is 36.4 Å². The molecular weight excluding hydrogens is 231 g/mol. The second-order valence-electron chi connectivity index (χ2n) is 2.93. The number of ether oxygens (including phenoxy) is 1. The summed E-state index contributed by atoms with van der Waals surface area (Å²) in [5.74, 6) is 1.29. The molecule has 2 rings (SSSR count). The molecular formula is C12H7Cl2O. The van der Waals surface area contributed by atoms with E-state index in [1.165, 1.54) is 0 Å². The van der Waals surface area contributed by atoms with Crippen molar-refractivity contribution in [3.8, 4) is 11.5 Å². The van der Waals surface area contributed by atoms with Crippen molar-refractivity contribution in [3.63, 3.8) is 0 Å². The average Bonchev–Trinajstić information content (AvgIpc) is 2.22. The predicted octanol–water partition coefficient (Wildman–Crippen LogP) is 4.59. The van der Waals surface area contributed by atoms with Crippen LogP contribution in [0.4, 0.5) is 0 Å². The zero-order valence-electron chi connectivity index (χ0n) is 7.71. The summed E-state index contributed by atoms with van der Waals surface area (Å²) < 4.78 is 5.52. The topological polar surface area (TPSA) is 9.23 Å². The van der Waals surface area contributed by atoms with Crippen LogP contribution >= 0.6 is 23.2 Å². The molecule has 0 aliphatic carbocycles. The highest BCUT2D eigenvalue weighted by molar-refractivity contribution is 6.30. The number of halogens is 2. The Bertz CT molecular complexity index is 451. The Labute approximate surface area is 98.2 Å². The molecule has 0 fully saturated rings. The molecule has 3 heteroatoms. The summed E-state index contributed by atoms with van der Waals surface area (Å²) in [5.41, 5.74) is 0. The molecule has 0 unspecified atom stereocenters. The van der Waals surface area contributed by atoms with E-state index in [4.69, 9.17) is 27.9 Å². The van der Waals surface area contributed by atoms with Gasteiger partial charge in [-0.2, -0.15) is 0 Å². The molecule has 0 spiro atoms. The maximum atomic E-state index is 5.82. The van der Waals surface area contributed by atoms with Crippen LogP contribution in [-0.4, -0.2) is 0 Å². The lowest BCUT2D eigenvalue weighted by Gasteiger charge is -2.04. The van der Waals surface area contributed by atoms with Crippen LogP contribution < -0.4 is 4.74 Å². The van der Waals surface area contributed by atoms with Crippen molar-refractivity contribution in [2.24, 2.45) is 0 Å². The van der Waals surface area contributed by atoms with Crippen molar-refractivity contribution in [3.05, 3.63) is 58.6 Å². The van der Waals surface area contributed by atoms with Gasteiger partial charge in [-0.3, -0.25) is 0 Å². The summed E-state index contributed by atoms with van der Waals surface area (Å²) in [7, 11) is 0. The van der Waals surface area contributed by atoms with Gasteiger partial charge in [-0.25, -0.2) is 0 Å². The first-order chi connectivity index (χ1) is 7.24. The Hall–Kier alpha value is -1.18. The average molecular weight is 238 g/mol. The second kappa shape index (κ2) is 4.56. The molecule has 1 radical (unpaired) electrons. The fourth-order valence-corrected chi connectivity index (χ4v) is 1.40. The molecule has 0 heterocycles. The normalized spacial score (nSPS) is 10.0. The Morgan fingerprint density at radius 1 is 0.933 bits per heavy atom. The minimum absolute atomic E-state index is 0.588. The lowest BCUT2D eigenvalue weighted by molar-refractivity contribution is 0.481. The van der Waals surface area contributed by atoms with Gasteiger partial charge in [0, 0.05) is 22.2 Å². The highest BCUT2D eigenvalue weighted by atomic mass is 35.5. The van der Waals surface area contributed by atoms with E-state index in [2.05, 4.69) is 6.07 Å². The number of hydrogen-bond acceptors (Lipinski definition) is 1. The summed E-state index contributed by atoms with van der Waals surface area (Å²) in [4.78, 5) is 0. The molecule has 15 heavy (non-hydrogen) atoms. The maximum absolute atomic E-state index is 5.82. The second-order valence-corrected chi connectivity index (χ2v) is 3.80. The van der Waals surface area contributed by atoms with Crippen LogP contribution in [0.25, 0.3) is 0 Å². The Morgan fingerprint density at radius 2 is 1.67 bits per heavy atom. The zero-order chi connectivity index (χ0) is 10.7. The molecule has 0 aliphatic rings. The van der Waals surface area contributed by atoms with Gasteiger partial charge >= 0.3 is 0 Å². The van der Waals surface area contributed by atoms with Gasteiger partial charge in [0.15, 0.2) is 0 Å². The fraction of sp³-hybridized carbons (Fsp3) is 0. The highest BCUT2D eigenvalue weighted by Crippen LogP contribution is 2.24. The van der Waals surface area contributed by atoms with E-state index in [0.29, 0.717) is 21.5 Å². The van der Waals surface area contributed by atoms with Crippen LogP contribution in [0.15, 0.2) is 42.5 Å². The third-order valence-electron chi connectivity index (χ3n) is 1.78. The van der Waals surface area contributed by atoms with Crippen molar-refractivity contribution in [2.45, 2.75) is 0 Å². The monoisotopic (exact) mass is 237 g/mol. The van der Waals surface area contributed by atoms with Crippen LogP contribution in [0, 0.1) is 6.07 Å². The smallest absolute Gasteiger partial charge is 0.136 e. The van der Waals surface area contributed by atoms with Gasteiger partial charge in [0.05, 0.1) is 0 Å². The SMILES string of the molecule is Clc1ccc(Oc2[c]ccc(Cl)c2)cc1. The van der Waals surface area contributed by atoms with Crippen LogP contribution in [0.2, 0.25) is 10.0 Å². The van der Waals surface area contributed by atoms with Crippen molar-refractivity contribution in [1.29, 1.82) is 0 Å². The van der Waals surface area contributed by atoms with Crippen molar-refractivity contribution in [1.82, 2.24) is 0 Å². The van der Waals surface area contributed by atoms with Gasteiger partial charge in [-0.15, -0.1) is 0 Å². The minimum atomic E-state index is 0.588. The molecule has 0 saturated carbocycles. The molecule has 0 atom stereocenters. The number of rotatable bonds is 2. The molecule has 0 amide bonds. The Balaban J connectivity index is 2.18. The van der Waals surface area contributed by atoms with Gasteiger partial charge in [0.25, 0.3) is 0 Å². The Morgan fingerprint density at radius 3 is 2.33 bits per heavy atom. The first-order valence-electron chi connectivity index (χ1n) is 4.35. The summed E-state index contributed by atoms with van der Waals surface area (Å²) >= 11 is 11.6. The molecule has 75 valence electrons. The van der Waals surface area contributed by atoms with Gasteiger partial charge in [0.1, 0.15) is 11.5 Å². The van der Waals surface area contributed by atoms with Crippen molar-refractivity contribution >= 4 is 23.2 Å². The summed E-state index contributed by atoms with van der Waals surface area (Å²) in [6.07, 6.45) is 0. The zero-order valence-corrected chi connectivity index (χ0v) is 9.22. The molecule has 2 aromatic carbocycles. The molecule has 0 aromatic heterocycles. The third kappa shape index (κ3) is 2.88. The maximum Gasteiger partial charge on any atom is 0.136 e. The molecule has 2 aromatic rings. The van der Waals surface area contributed by atoms with Crippen molar-refractivity contribution in [2.75, 3.05) is 0 Å². The molecule has 0 saturated heterocycles. The summed E-state index contributed by atoms with van der Waals surface area (Å²) in [6, 6.07) is 15.2. The van der Waals surface area contributed by atoms with Crippen LogP contribution in [0.5, 0.6) is 11.5 Å². The first kappa shape index (κ1) is 10.3. The largest absolute Gasteiger partial charge is 0.457 e. The van der Waals surface area contributed by atoms with Gasteiger partial charge in [-0.1, -0.05) is 23.2 Å². The van der Waals surface area contributed by atoms with E-state index >= 15 is 0 Å².